The number of ketones is 2. The molecule has 0 spiro atoms. The Morgan fingerprint density at radius 1 is 1.11 bits per heavy atom. The lowest BCUT2D eigenvalue weighted by Gasteiger charge is -2.16. The third kappa shape index (κ3) is 3.48. The first-order chi connectivity index (χ1) is 8.01. The second-order valence-corrected chi connectivity index (χ2v) is 6.55. The summed E-state index contributed by atoms with van der Waals surface area (Å²) < 4.78 is 1.42. The zero-order valence-electron chi connectivity index (χ0n) is 11.9. The molecular weight excluding hydrogens is 230 g/mol. The summed E-state index contributed by atoms with van der Waals surface area (Å²) in [6.07, 6.45) is 1.54. The quantitative estimate of drug-likeness (QED) is 0.772. The topological polar surface area (TPSA) is 64.8 Å². The van der Waals surface area contributed by atoms with Crippen LogP contribution in [-0.4, -0.2) is 26.6 Å². The Balaban J connectivity index is 2.83. The zero-order chi connectivity index (χ0) is 14.1. The lowest BCUT2D eigenvalue weighted by molar-refractivity contribution is -0.127. The SMILES string of the molecule is CC(C)(C)C(=O)Cn1cc(C(=O)C(C)(C)C)nn1. The summed E-state index contributed by atoms with van der Waals surface area (Å²) >= 11 is 0. The van der Waals surface area contributed by atoms with Gasteiger partial charge < -0.3 is 0 Å². The van der Waals surface area contributed by atoms with Crippen LogP contribution in [0.25, 0.3) is 0 Å². The lowest BCUT2D eigenvalue weighted by Crippen LogP contribution is -2.25. The maximum Gasteiger partial charge on any atom is 0.190 e. The molecule has 0 unspecified atom stereocenters. The van der Waals surface area contributed by atoms with E-state index in [1.807, 2.05) is 41.5 Å². The maximum absolute atomic E-state index is 12.0. The van der Waals surface area contributed by atoms with Crippen LogP contribution in [0.5, 0.6) is 0 Å². The Morgan fingerprint density at radius 3 is 2.11 bits per heavy atom. The normalized spacial score (nSPS) is 12.6. The highest BCUT2D eigenvalue weighted by Gasteiger charge is 2.26. The summed E-state index contributed by atoms with van der Waals surface area (Å²) in [5.41, 5.74) is -0.598. The van der Waals surface area contributed by atoms with E-state index in [4.69, 9.17) is 0 Å². The molecular formula is C13H21N3O2. The molecule has 1 aromatic rings. The Labute approximate surface area is 108 Å². The summed E-state index contributed by atoms with van der Waals surface area (Å²) in [7, 11) is 0. The molecule has 0 aromatic carbocycles. The minimum Gasteiger partial charge on any atom is -0.297 e. The number of hydrogen-bond donors (Lipinski definition) is 0. The minimum absolute atomic E-state index is 0.0576. The van der Waals surface area contributed by atoms with Crippen LogP contribution in [0.1, 0.15) is 52.0 Å². The van der Waals surface area contributed by atoms with Crippen molar-refractivity contribution >= 4 is 11.6 Å². The van der Waals surface area contributed by atoms with Crippen LogP contribution in [0, 0.1) is 10.8 Å². The summed E-state index contributed by atoms with van der Waals surface area (Å²) in [5, 5.41) is 7.66. The fourth-order valence-corrected chi connectivity index (χ4v) is 1.25. The monoisotopic (exact) mass is 251 g/mol. The molecule has 0 saturated carbocycles. The summed E-state index contributed by atoms with van der Waals surface area (Å²) in [4.78, 5) is 23.8. The van der Waals surface area contributed by atoms with Gasteiger partial charge in [0.15, 0.2) is 11.6 Å². The van der Waals surface area contributed by atoms with Gasteiger partial charge in [0.25, 0.3) is 0 Å². The van der Waals surface area contributed by atoms with Crippen molar-refractivity contribution in [3.63, 3.8) is 0 Å². The predicted molar refractivity (Wildman–Crippen MR) is 68.3 cm³/mol. The number of carbonyl (C=O) groups is 2. The van der Waals surface area contributed by atoms with E-state index in [-0.39, 0.29) is 18.1 Å². The van der Waals surface area contributed by atoms with Gasteiger partial charge in [-0.1, -0.05) is 46.8 Å². The van der Waals surface area contributed by atoms with Crippen molar-refractivity contribution in [1.82, 2.24) is 15.0 Å². The highest BCUT2D eigenvalue weighted by Crippen LogP contribution is 2.19. The molecule has 0 amide bonds. The van der Waals surface area contributed by atoms with Gasteiger partial charge in [-0.25, -0.2) is 4.68 Å². The van der Waals surface area contributed by atoms with Gasteiger partial charge in [-0.3, -0.25) is 9.59 Å². The number of Topliss-reactive ketones (excluding diaryl/α,β-unsaturated/α-hetero) is 2. The van der Waals surface area contributed by atoms with E-state index in [1.54, 1.807) is 0 Å². The molecule has 0 radical (unpaired) electrons. The lowest BCUT2D eigenvalue weighted by atomic mass is 9.89. The summed E-state index contributed by atoms with van der Waals surface area (Å²) in [6, 6.07) is 0. The van der Waals surface area contributed by atoms with Gasteiger partial charge in [0, 0.05) is 10.8 Å². The third-order valence-corrected chi connectivity index (χ3v) is 2.59. The number of hydrogen-bond acceptors (Lipinski definition) is 4. The van der Waals surface area contributed by atoms with Crippen LogP contribution in [-0.2, 0) is 11.3 Å². The molecule has 1 rings (SSSR count). The standard InChI is InChI=1S/C13H21N3O2/c1-12(2,3)10(17)8-16-7-9(14-15-16)11(18)13(4,5)6/h7H,8H2,1-6H3. The van der Waals surface area contributed by atoms with Crippen LogP contribution in [0.2, 0.25) is 0 Å². The van der Waals surface area contributed by atoms with E-state index in [2.05, 4.69) is 10.3 Å². The van der Waals surface area contributed by atoms with Crippen molar-refractivity contribution in [2.24, 2.45) is 10.8 Å². The third-order valence-electron chi connectivity index (χ3n) is 2.59. The number of nitrogens with zero attached hydrogens (tertiary/aromatic N) is 3. The fourth-order valence-electron chi connectivity index (χ4n) is 1.25. The molecule has 0 aliphatic heterocycles. The van der Waals surface area contributed by atoms with E-state index in [0.29, 0.717) is 5.69 Å². The minimum atomic E-state index is -0.491. The molecule has 100 valence electrons. The van der Waals surface area contributed by atoms with Crippen molar-refractivity contribution in [2.75, 3.05) is 0 Å². The van der Waals surface area contributed by atoms with Gasteiger partial charge in [0.1, 0.15) is 12.2 Å². The van der Waals surface area contributed by atoms with Crippen molar-refractivity contribution in [3.05, 3.63) is 11.9 Å². The van der Waals surface area contributed by atoms with Gasteiger partial charge in [-0.2, -0.15) is 0 Å². The molecule has 0 aliphatic carbocycles. The molecule has 0 saturated heterocycles. The smallest absolute Gasteiger partial charge is 0.190 e. The van der Waals surface area contributed by atoms with Crippen molar-refractivity contribution < 1.29 is 9.59 Å². The first kappa shape index (κ1) is 14.5. The molecule has 0 fully saturated rings. The largest absolute Gasteiger partial charge is 0.297 e. The second kappa shape index (κ2) is 4.63. The number of rotatable bonds is 3. The predicted octanol–water partition coefficient (Wildman–Crippen LogP) is 2.12. The van der Waals surface area contributed by atoms with E-state index < -0.39 is 10.8 Å². The molecule has 0 atom stereocenters. The van der Waals surface area contributed by atoms with E-state index in [9.17, 15) is 9.59 Å². The van der Waals surface area contributed by atoms with Crippen LogP contribution < -0.4 is 0 Å². The molecule has 0 aliphatic rings. The zero-order valence-corrected chi connectivity index (χ0v) is 11.9. The van der Waals surface area contributed by atoms with E-state index >= 15 is 0 Å². The molecule has 5 nitrogen and oxygen atoms in total. The van der Waals surface area contributed by atoms with Crippen molar-refractivity contribution in [2.45, 2.75) is 48.1 Å². The van der Waals surface area contributed by atoms with Crippen LogP contribution >= 0.6 is 0 Å². The van der Waals surface area contributed by atoms with Gasteiger partial charge in [-0.05, 0) is 0 Å². The highest BCUT2D eigenvalue weighted by atomic mass is 16.1. The van der Waals surface area contributed by atoms with Gasteiger partial charge in [-0.15, -0.1) is 5.10 Å². The summed E-state index contributed by atoms with van der Waals surface area (Å²) in [5.74, 6) is -0.0147. The van der Waals surface area contributed by atoms with Crippen molar-refractivity contribution in [1.29, 1.82) is 0 Å². The fraction of sp³-hybridized carbons (Fsp3) is 0.692. The molecule has 5 heteroatoms. The maximum atomic E-state index is 12.0. The van der Waals surface area contributed by atoms with E-state index in [0.717, 1.165) is 0 Å². The Bertz CT molecular complexity index is 461. The van der Waals surface area contributed by atoms with Crippen LogP contribution in [0.15, 0.2) is 6.20 Å². The summed E-state index contributed by atoms with van der Waals surface area (Å²) in [6.45, 7) is 11.2. The van der Waals surface area contributed by atoms with Crippen LogP contribution in [0.4, 0.5) is 0 Å². The Kier molecular flexibility index (Phi) is 3.74. The Morgan fingerprint density at radius 2 is 1.67 bits per heavy atom. The van der Waals surface area contributed by atoms with Gasteiger partial charge in [0.05, 0.1) is 6.20 Å². The average Bonchev–Trinajstić information content (AvgIpc) is 2.62. The number of aromatic nitrogens is 3. The van der Waals surface area contributed by atoms with Crippen molar-refractivity contribution in [3.8, 4) is 0 Å². The average molecular weight is 251 g/mol. The Hall–Kier alpha value is -1.52. The van der Waals surface area contributed by atoms with E-state index in [1.165, 1.54) is 10.9 Å². The van der Waals surface area contributed by atoms with Gasteiger partial charge >= 0.3 is 0 Å². The molecule has 0 N–H and O–H groups in total. The molecule has 1 aromatic heterocycles. The van der Waals surface area contributed by atoms with Crippen LogP contribution in [0.3, 0.4) is 0 Å². The highest BCUT2D eigenvalue weighted by molar-refractivity contribution is 5.97. The second-order valence-electron chi connectivity index (χ2n) is 6.55. The molecule has 0 bridgehead atoms. The molecule has 1 heterocycles. The first-order valence-electron chi connectivity index (χ1n) is 6.00. The first-order valence-corrected chi connectivity index (χ1v) is 6.00. The molecule has 18 heavy (non-hydrogen) atoms. The number of carbonyl (C=O) groups excluding carboxylic acids is 2. The van der Waals surface area contributed by atoms with Gasteiger partial charge in [0.2, 0.25) is 0 Å².